The molecule has 1 atom stereocenters. The number of hydrogen-bond donors (Lipinski definition) is 1. The van der Waals surface area contributed by atoms with Gasteiger partial charge in [0.15, 0.2) is 0 Å². The molecule has 1 unspecified atom stereocenters. The van der Waals surface area contributed by atoms with Crippen molar-refractivity contribution in [3.8, 4) is 0 Å². The van der Waals surface area contributed by atoms with Crippen molar-refractivity contribution in [2.24, 2.45) is 16.7 Å². The lowest BCUT2D eigenvalue weighted by molar-refractivity contribution is -0.167. The van der Waals surface area contributed by atoms with Crippen LogP contribution < -0.4 is 0 Å². The molecule has 0 saturated heterocycles. The molecule has 0 aromatic rings. The first-order valence-electron chi connectivity index (χ1n) is 5.99. The standard InChI is InChI=1S/C13H26O3/c1-7-12(4,5)13(6,9-14)11(15)16-8-10(2)3/h10,14H,7-9H2,1-6H3. The number of carbonyl (C=O) groups is 1. The fourth-order valence-corrected chi connectivity index (χ4v) is 1.35. The highest BCUT2D eigenvalue weighted by molar-refractivity contribution is 5.77. The van der Waals surface area contributed by atoms with Crippen LogP contribution in [0.15, 0.2) is 0 Å². The van der Waals surface area contributed by atoms with Crippen molar-refractivity contribution in [3.63, 3.8) is 0 Å². The minimum atomic E-state index is -0.823. The van der Waals surface area contributed by atoms with Crippen LogP contribution in [0.4, 0.5) is 0 Å². The molecule has 0 spiro atoms. The van der Waals surface area contributed by atoms with Crippen LogP contribution in [0.5, 0.6) is 0 Å². The summed E-state index contributed by atoms with van der Waals surface area (Å²) < 4.78 is 5.25. The molecule has 0 rings (SSSR count). The quantitative estimate of drug-likeness (QED) is 0.713. The van der Waals surface area contributed by atoms with Crippen LogP contribution in [-0.2, 0) is 9.53 Å². The average Bonchev–Trinajstić information content (AvgIpc) is 2.24. The maximum Gasteiger partial charge on any atom is 0.314 e. The van der Waals surface area contributed by atoms with E-state index in [4.69, 9.17) is 4.74 Å². The topological polar surface area (TPSA) is 46.5 Å². The zero-order valence-electron chi connectivity index (χ0n) is 11.5. The maximum absolute atomic E-state index is 12.0. The Morgan fingerprint density at radius 2 is 1.81 bits per heavy atom. The second-order valence-electron chi connectivity index (χ2n) is 5.72. The monoisotopic (exact) mass is 230 g/mol. The largest absolute Gasteiger partial charge is 0.465 e. The Kier molecular flexibility index (Phi) is 5.47. The molecule has 16 heavy (non-hydrogen) atoms. The Morgan fingerprint density at radius 3 is 2.12 bits per heavy atom. The van der Waals surface area contributed by atoms with Crippen molar-refractivity contribution in [2.75, 3.05) is 13.2 Å². The van der Waals surface area contributed by atoms with Gasteiger partial charge in [-0.25, -0.2) is 0 Å². The number of ether oxygens (including phenoxy) is 1. The molecule has 1 N–H and O–H groups in total. The van der Waals surface area contributed by atoms with Crippen LogP contribution in [0.3, 0.4) is 0 Å². The molecule has 0 bridgehead atoms. The van der Waals surface area contributed by atoms with E-state index in [1.165, 1.54) is 0 Å². The lowest BCUT2D eigenvalue weighted by atomic mass is 9.65. The molecular weight excluding hydrogens is 204 g/mol. The lowest BCUT2D eigenvalue weighted by Gasteiger charge is -2.40. The number of esters is 1. The third-order valence-corrected chi connectivity index (χ3v) is 3.69. The Morgan fingerprint density at radius 1 is 1.31 bits per heavy atom. The summed E-state index contributed by atoms with van der Waals surface area (Å²) in [5.41, 5.74) is -1.09. The Labute approximate surface area is 99.2 Å². The molecule has 96 valence electrons. The number of aliphatic hydroxyl groups excluding tert-OH is 1. The Bertz CT molecular complexity index is 233. The number of hydrogen-bond acceptors (Lipinski definition) is 3. The summed E-state index contributed by atoms with van der Waals surface area (Å²) in [5, 5.41) is 9.49. The highest BCUT2D eigenvalue weighted by atomic mass is 16.5. The predicted octanol–water partition coefficient (Wildman–Crippen LogP) is 2.62. The minimum absolute atomic E-state index is 0.176. The van der Waals surface area contributed by atoms with E-state index in [0.717, 1.165) is 6.42 Å². The maximum atomic E-state index is 12.0. The molecule has 0 radical (unpaired) electrons. The molecule has 0 fully saturated rings. The van der Waals surface area contributed by atoms with Gasteiger partial charge < -0.3 is 9.84 Å². The van der Waals surface area contributed by atoms with E-state index >= 15 is 0 Å². The normalized spacial score (nSPS) is 16.0. The van der Waals surface area contributed by atoms with Gasteiger partial charge in [-0.05, 0) is 24.7 Å². The molecule has 0 aliphatic carbocycles. The zero-order chi connectivity index (χ0) is 13.0. The van der Waals surface area contributed by atoms with Gasteiger partial charge >= 0.3 is 5.97 Å². The Balaban J connectivity index is 4.76. The minimum Gasteiger partial charge on any atom is -0.465 e. The van der Waals surface area contributed by atoms with Crippen molar-refractivity contribution in [3.05, 3.63) is 0 Å². The van der Waals surface area contributed by atoms with Crippen molar-refractivity contribution in [1.82, 2.24) is 0 Å². The fraction of sp³-hybridized carbons (Fsp3) is 0.923. The van der Waals surface area contributed by atoms with Crippen molar-refractivity contribution < 1.29 is 14.6 Å². The summed E-state index contributed by atoms with van der Waals surface area (Å²) in [6, 6.07) is 0. The van der Waals surface area contributed by atoms with E-state index < -0.39 is 5.41 Å². The van der Waals surface area contributed by atoms with Gasteiger partial charge in [0, 0.05) is 0 Å². The van der Waals surface area contributed by atoms with Gasteiger partial charge in [0.2, 0.25) is 0 Å². The number of rotatable bonds is 6. The van der Waals surface area contributed by atoms with Crippen molar-refractivity contribution >= 4 is 5.97 Å². The van der Waals surface area contributed by atoms with Crippen LogP contribution >= 0.6 is 0 Å². The van der Waals surface area contributed by atoms with E-state index in [0.29, 0.717) is 12.5 Å². The van der Waals surface area contributed by atoms with Crippen molar-refractivity contribution in [2.45, 2.75) is 48.0 Å². The highest BCUT2D eigenvalue weighted by Gasteiger charge is 2.47. The van der Waals surface area contributed by atoms with Gasteiger partial charge in [-0.1, -0.05) is 34.6 Å². The molecule has 0 aromatic carbocycles. The van der Waals surface area contributed by atoms with Crippen LogP contribution in [0, 0.1) is 16.7 Å². The summed E-state index contributed by atoms with van der Waals surface area (Å²) in [6.07, 6.45) is 0.820. The molecular formula is C13H26O3. The first-order valence-corrected chi connectivity index (χ1v) is 5.99. The second-order valence-corrected chi connectivity index (χ2v) is 5.72. The zero-order valence-corrected chi connectivity index (χ0v) is 11.5. The van der Waals surface area contributed by atoms with E-state index in [1.807, 2.05) is 34.6 Å². The molecule has 0 amide bonds. The molecule has 0 heterocycles. The first-order chi connectivity index (χ1) is 7.21. The lowest BCUT2D eigenvalue weighted by Crippen LogP contribution is -2.46. The molecule has 0 saturated carbocycles. The third-order valence-electron chi connectivity index (χ3n) is 3.69. The van der Waals surface area contributed by atoms with E-state index in [1.54, 1.807) is 6.92 Å². The summed E-state index contributed by atoms with van der Waals surface area (Å²) >= 11 is 0. The molecule has 0 aromatic heterocycles. The Hall–Kier alpha value is -0.570. The number of carbonyl (C=O) groups excluding carboxylic acids is 1. The molecule has 3 nitrogen and oxygen atoms in total. The SMILES string of the molecule is CCC(C)(C)C(C)(CO)C(=O)OCC(C)C. The number of aliphatic hydroxyl groups is 1. The average molecular weight is 230 g/mol. The summed E-state index contributed by atoms with van der Waals surface area (Å²) in [7, 11) is 0. The summed E-state index contributed by atoms with van der Waals surface area (Å²) in [5.74, 6) is 0.0205. The van der Waals surface area contributed by atoms with E-state index in [9.17, 15) is 9.90 Å². The first kappa shape index (κ1) is 15.4. The van der Waals surface area contributed by atoms with Crippen LogP contribution in [0.2, 0.25) is 0 Å². The smallest absolute Gasteiger partial charge is 0.314 e. The second kappa shape index (κ2) is 5.67. The van der Waals surface area contributed by atoms with Crippen LogP contribution in [0.25, 0.3) is 0 Å². The van der Waals surface area contributed by atoms with E-state index in [-0.39, 0.29) is 18.0 Å². The van der Waals surface area contributed by atoms with Gasteiger partial charge in [0.25, 0.3) is 0 Å². The van der Waals surface area contributed by atoms with Crippen LogP contribution in [-0.4, -0.2) is 24.3 Å². The highest BCUT2D eigenvalue weighted by Crippen LogP contribution is 2.42. The summed E-state index contributed by atoms with van der Waals surface area (Å²) in [6.45, 7) is 12.0. The van der Waals surface area contributed by atoms with Crippen LogP contribution in [0.1, 0.15) is 48.0 Å². The van der Waals surface area contributed by atoms with Crippen molar-refractivity contribution in [1.29, 1.82) is 0 Å². The fourth-order valence-electron chi connectivity index (χ4n) is 1.35. The summed E-state index contributed by atoms with van der Waals surface area (Å²) in [4.78, 5) is 12.0. The molecule has 0 aliphatic rings. The molecule has 0 aliphatic heterocycles. The molecule has 3 heteroatoms. The van der Waals surface area contributed by atoms with Gasteiger partial charge in [-0.2, -0.15) is 0 Å². The van der Waals surface area contributed by atoms with Gasteiger partial charge in [0.05, 0.1) is 18.6 Å². The predicted molar refractivity (Wildman–Crippen MR) is 65.1 cm³/mol. The van der Waals surface area contributed by atoms with Gasteiger partial charge in [0.1, 0.15) is 0 Å². The van der Waals surface area contributed by atoms with E-state index in [2.05, 4.69) is 0 Å². The third kappa shape index (κ3) is 3.21. The van der Waals surface area contributed by atoms with Gasteiger partial charge in [-0.15, -0.1) is 0 Å². The van der Waals surface area contributed by atoms with Gasteiger partial charge in [-0.3, -0.25) is 4.79 Å².